The van der Waals surface area contributed by atoms with Crippen LogP contribution in [0.15, 0.2) is 78.9 Å². The van der Waals surface area contributed by atoms with E-state index in [1.807, 2.05) is 54.6 Å². The first-order valence-electron chi connectivity index (χ1n) is 10.3. The van der Waals surface area contributed by atoms with Gasteiger partial charge in [-0.05, 0) is 47.9 Å². The number of alkyl halides is 2. The summed E-state index contributed by atoms with van der Waals surface area (Å²) in [5, 5.41) is 0. The predicted molar refractivity (Wildman–Crippen MR) is 115 cm³/mol. The second-order valence-electron chi connectivity index (χ2n) is 7.89. The maximum absolute atomic E-state index is 14.0. The third-order valence-corrected chi connectivity index (χ3v) is 5.72. The lowest BCUT2D eigenvalue weighted by Gasteiger charge is -2.48. The van der Waals surface area contributed by atoms with Gasteiger partial charge in [-0.3, -0.25) is 0 Å². The van der Waals surface area contributed by atoms with E-state index in [0.29, 0.717) is 17.9 Å². The molecule has 0 aromatic heterocycles. The van der Waals surface area contributed by atoms with Crippen molar-refractivity contribution >= 4 is 5.97 Å². The van der Waals surface area contributed by atoms with E-state index in [-0.39, 0.29) is 19.4 Å². The van der Waals surface area contributed by atoms with Gasteiger partial charge >= 0.3 is 5.97 Å². The quantitative estimate of drug-likeness (QED) is 0.428. The van der Waals surface area contributed by atoms with Crippen LogP contribution in [0.2, 0.25) is 0 Å². The molecule has 1 aliphatic carbocycles. The Bertz CT molecular complexity index is 1020. The summed E-state index contributed by atoms with van der Waals surface area (Å²) < 4.78 is 38.8. The van der Waals surface area contributed by atoms with Gasteiger partial charge in [-0.2, -0.15) is 0 Å². The Morgan fingerprint density at radius 2 is 1.45 bits per heavy atom. The van der Waals surface area contributed by atoms with Crippen molar-refractivity contribution in [2.75, 3.05) is 6.61 Å². The zero-order chi connectivity index (χ0) is 21.9. The number of hydrogen-bond donors (Lipinski definition) is 0. The summed E-state index contributed by atoms with van der Waals surface area (Å²) in [7, 11) is 0. The van der Waals surface area contributed by atoms with Gasteiger partial charge in [0, 0.05) is 18.3 Å². The molecule has 160 valence electrons. The second-order valence-corrected chi connectivity index (χ2v) is 7.89. The summed E-state index contributed by atoms with van der Waals surface area (Å²) >= 11 is 0. The molecule has 0 spiro atoms. The summed E-state index contributed by atoms with van der Waals surface area (Å²) in [5.74, 6) is -2.43. The summed E-state index contributed by atoms with van der Waals surface area (Å²) in [6, 6.07) is 24.0. The number of hydrogen-bond acceptors (Lipinski definition) is 3. The summed E-state index contributed by atoms with van der Waals surface area (Å²) in [6.07, 6.45) is -0.522. The number of esters is 1. The van der Waals surface area contributed by atoms with E-state index < -0.39 is 17.3 Å². The Hall–Kier alpha value is -3.21. The lowest BCUT2D eigenvalue weighted by molar-refractivity contribution is -0.113. The van der Waals surface area contributed by atoms with Crippen LogP contribution >= 0.6 is 0 Å². The molecular weight excluding hydrogens is 398 g/mol. The van der Waals surface area contributed by atoms with E-state index in [2.05, 4.69) is 0 Å². The van der Waals surface area contributed by atoms with Gasteiger partial charge in [-0.15, -0.1) is 0 Å². The zero-order valence-electron chi connectivity index (χ0n) is 17.3. The molecule has 0 aliphatic heterocycles. The molecule has 0 N–H and O–H groups in total. The summed E-state index contributed by atoms with van der Waals surface area (Å²) in [4.78, 5) is 11.9. The van der Waals surface area contributed by atoms with Crippen molar-refractivity contribution in [2.24, 2.45) is 0 Å². The normalized spacial score (nSPS) is 16.2. The van der Waals surface area contributed by atoms with Crippen LogP contribution in [-0.2, 0) is 16.8 Å². The van der Waals surface area contributed by atoms with Gasteiger partial charge in [-0.1, -0.05) is 54.6 Å². The van der Waals surface area contributed by atoms with Crippen molar-refractivity contribution in [3.8, 4) is 5.75 Å². The molecule has 5 heteroatoms. The van der Waals surface area contributed by atoms with Crippen molar-refractivity contribution in [2.45, 2.75) is 37.7 Å². The molecule has 1 aliphatic rings. The van der Waals surface area contributed by atoms with Gasteiger partial charge in [-0.25, -0.2) is 13.6 Å². The number of carbonyl (C=O) groups is 1. The van der Waals surface area contributed by atoms with Gasteiger partial charge in [0.05, 0.1) is 12.2 Å². The molecule has 0 radical (unpaired) electrons. The van der Waals surface area contributed by atoms with Crippen LogP contribution in [0, 0.1) is 0 Å². The Kier molecular flexibility index (Phi) is 5.77. The first kappa shape index (κ1) is 21.0. The van der Waals surface area contributed by atoms with Crippen LogP contribution in [0.3, 0.4) is 0 Å². The molecule has 31 heavy (non-hydrogen) atoms. The Morgan fingerprint density at radius 1 is 0.871 bits per heavy atom. The van der Waals surface area contributed by atoms with Crippen molar-refractivity contribution in [1.82, 2.24) is 0 Å². The van der Waals surface area contributed by atoms with Crippen LogP contribution in [0.25, 0.3) is 0 Å². The fourth-order valence-corrected chi connectivity index (χ4v) is 4.16. The lowest BCUT2D eigenvalue weighted by atomic mass is 9.58. The molecule has 3 aromatic rings. The van der Waals surface area contributed by atoms with E-state index in [0.717, 1.165) is 16.7 Å². The number of benzene rings is 3. The molecule has 1 fully saturated rings. The van der Waals surface area contributed by atoms with Gasteiger partial charge in [0.1, 0.15) is 12.4 Å². The van der Waals surface area contributed by atoms with Gasteiger partial charge in [0.15, 0.2) is 0 Å². The third kappa shape index (κ3) is 4.46. The standard InChI is InChI=1S/C26H24F2O3/c1-2-30-24(29)20-8-10-21(11-9-20)25(17-26(27,28)18-25)22-12-14-23(15-13-22)31-16-19-6-4-3-5-7-19/h3-15H,2,16-18H2,1H3. The number of ether oxygens (including phenoxy) is 2. The minimum atomic E-state index is -2.71. The minimum Gasteiger partial charge on any atom is -0.489 e. The van der Waals surface area contributed by atoms with Crippen molar-refractivity contribution in [3.63, 3.8) is 0 Å². The molecule has 0 bridgehead atoms. The molecule has 4 rings (SSSR count). The summed E-state index contributed by atoms with van der Waals surface area (Å²) in [6.45, 7) is 2.47. The molecule has 0 atom stereocenters. The Labute approximate surface area is 180 Å². The van der Waals surface area contributed by atoms with Crippen LogP contribution < -0.4 is 4.74 Å². The Morgan fingerprint density at radius 3 is 2.00 bits per heavy atom. The molecule has 3 nitrogen and oxygen atoms in total. The zero-order valence-corrected chi connectivity index (χ0v) is 17.3. The largest absolute Gasteiger partial charge is 0.489 e. The van der Waals surface area contributed by atoms with E-state index in [1.54, 1.807) is 31.2 Å². The average Bonchev–Trinajstić information content (AvgIpc) is 2.77. The number of rotatable bonds is 7. The van der Waals surface area contributed by atoms with E-state index in [9.17, 15) is 13.6 Å². The van der Waals surface area contributed by atoms with Crippen LogP contribution in [0.5, 0.6) is 5.75 Å². The van der Waals surface area contributed by atoms with Crippen LogP contribution in [0.1, 0.15) is 46.8 Å². The predicted octanol–water partition coefficient (Wildman–Crippen LogP) is 6.16. The molecule has 0 unspecified atom stereocenters. The topological polar surface area (TPSA) is 35.5 Å². The van der Waals surface area contributed by atoms with Crippen LogP contribution in [0.4, 0.5) is 8.78 Å². The smallest absolute Gasteiger partial charge is 0.338 e. The average molecular weight is 422 g/mol. The van der Waals surface area contributed by atoms with Crippen molar-refractivity contribution in [3.05, 3.63) is 101 Å². The van der Waals surface area contributed by atoms with Crippen LogP contribution in [-0.4, -0.2) is 18.5 Å². The SMILES string of the molecule is CCOC(=O)c1ccc(C2(c3ccc(OCc4ccccc4)cc3)CC(F)(F)C2)cc1. The Balaban J connectivity index is 1.54. The highest BCUT2D eigenvalue weighted by Gasteiger charge is 2.58. The first-order valence-corrected chi connectivity index (χ1v) is 10.3. The van der Waals surface area contributed by atoms with Gasteiger partial charge in [0.25, 0.3) is 5.92 Å². The fraction of sp³-hybridized carbons (Fsp3) is 0.269. The first-order chi connectivity index (χ1) is 14.9. The lowest BCUT2D eigenvalue weighted by Crippen LogP contribution is -2.50. The number of halogens is 2. The van der Waals surface area contributed by atoms with Gasteiger partial charge < -0.3 is 9.47 Å². The maximum Gasteiger partial charge on any atom is 0.338 e. The van der Waals surface area contributed by atoms with E-state index >= 15 is 0 Å². The fourth-order valence-electron chi connectivity index (χ4n) is 4.16. The molecule has 0 heterocycles. The highest BCUT2D eigenvalue weighted by Crippen LogP contribution is 2.57. The maximum atomic E-state index is 14.0. The second kappa shape index (κ2) is 8.50. The molecule has 0 saturated heterocycles. The highest BCUT2D eigenvalue weighted by atomic mass is 19.3. The molecule has 1 saturated carbocycles. The van der Waals surface area contributed by atoms with Crippen molar-refractivity contribution in [1.29, 1.82) is 0 Å². The monoisotopic (exact) mass is 422 g/mol. The van der Waals surface area contributed by atoms with Gasteiger partial charge in [0.2, 0.25) is 0 Å². The molecular formula is C26H24F2O3. The van der Waals surface area contributed by atoms with E-state index in [1.165, 1.54) is 0 Å². The minimum absolute atomic E-state index is 0.261. The third-order valence-electron chi connectivity index (χ3n) is 5.72. The van der Waals surface area contributed by atoms with E-state index in [4.69, 9.17) is 9.47 Å². The summed E-state index contributed by atoms with van der Waals surface area (Å²) in [5.41, 5.74) is 2.27. The highest BCUT2D eigenvalue weighted by molar-refractivity contribution is 5.89. The molecule has 3 aromatic carbocycles. The van der Waals surface area contributed by atoms with Crippen molar-refractivity contribution < 1.29 is 23.0 Å². The molecule has 0 amide bonds. The number of carbonyl (C=O) groups excluding carboxylic acids is 1.